The molecule has 0 saturated carbocycles. The van der Waals surface area contributed by atoms with Crippen molar-refractivity contribution in [1.29, 1.82) is 0 Å². The highest BCUT2D eigenvalue weighted by Gasteiger charge is 2.16. The van der Waals surface area contributed by atoms with Gasteiger partial charge in [0.05, 0.1) is 0 Å². The molecule has 1 aromatic heterocycles. The number of rotatable bonds is 3. The molecular weight excluding hydrogens is 240 g/mol. The molecule has 1 aliphatic heterocycles. The number of hydrogen-bond acceptors (Lipinski definition) is 4. The van der Waals surface area contributed by atoms with E-state index in [9.17, 15) is 4.79 Å². The molecule has 1 saturated heterocycles. The Morgan fingerprint density at radius 1 is 1.65 bits per heavy atom. The molecule has 0 aromatic carbocycles. The first-order chi connectivity index (χ1) is 8.15. The van der Waals surface area contributed by atoms with Gasteiger partial charge in [0.1, 0.15) is 11.0 Å². The third kappa shape index (κ3) is 3.10. The maximum Gasteiger partial charge on any atom is 0.245 e. The van der Waals surface area contributed by atoms with Crippen LogP contribution in [0.1, 0.15) is 5.56 Å². The second-order valence-corrected chi connectivity index (χ2v) is 4.16. The van der Waals surface area contributed by atoms with Gasteiger partial charge in [-0.15, -0.1) is 0 Å². The molecule has 0 spiro atoms. The van der Waals surface area contributed by atoms with Gasteiger partial charge in [-0.25, -0.2) is 4.98 Å². The van der Waals surface area contributed by atoms with Crippen molar-refractivity contribution in [3.05, 3.63) is 40.9 Å². The standard InChI is InChI=1S/C11H13ClN4O/c12-9-2-1-8(6-15-9)7-16-4-3-14-11(16)5-10(13)17/h1-2,5-6,14H,3-4,7H2,(H2,13,17). The van der Waals surface area contributed by atoms with Crippen molar-refractivity contribution < 1.29 is 4.79 Å². The Morgan fingerprint density at radius 3 is 3.12 bits per heavy atom. The SMILES string of the molecule is NC(=O)C=C1NCCN1Cc1ccc(Cl)nc1. The lowest BCUT2D eigenvalue weighted by molar-refractivity contribution is -0.113. The van der Waals surface area contributed by atoms with Crippen molar-refractivity contribution in [3.63, 3.8) is 0 Å². The van der Waals surface area contributed by atoms with Crippen molar-refractivity contribution in [2.45, 2.75) is 6.54 Å². The van der Waals surface area contributed by atoms with Crippen LogP contribution in [-0.4, -0.2) is 28.9 Å². The Balaban J connectivity index is 2.07. The van der Waals surface area contributed by atoms with Gasteiger partial charge in [0.25, 0.3) is 0 Å². The van der Waals surface area contributed by atoms with E-state index in [1.165, 1.54) is 6.08 Å². The summed E-state index contributed by atoms with van der Waals surface area (Å²) in [6.45, 7) is 2.32. The highest BCUT2D eigenvalue weighted by molar-refractivity contribution is 6.29. The molecule has 1 fully saturated rings. The number of nitrogens with zero attached hydrogens (tertiary/aromatic N) is 2. The smallest absolute Gasteiger partial charge is 0.245 e. The minimum Gasteiger partial charge on any atom is -0.370 e. The van der Waals surface area contributed by atoms with Crippen LogP contribution in [0.3, 0.4) is 0 Å². The summed E-state index contributed by atoms with van der Waals surface area (Å²) in [6.07, 6.45) is 3.12. The van der Waals surface area contributed by atoms with E-state index in [0.29, 0.717) is 11.7 Å². The zero-order chi connectivity index (χ0) is 12.3. The summed E-state index contributed by atoms with van der Waals surface area (Å²) in [5, 5.41) is 3.58. The van der Waals surface area contributed by atoms with Gasteiger partial charge in [-0.3, -0.25) is 4.79 Å². The van der Waals surface area contributed by atoms with Crippen LogP contribution >= 0.6 is 11.6 Å². The van der Waals surface area contributed by atoms with Crippen LogP contribution in [-0.2, 0) is 11.3 Å². The zero-order valence-corrected chi connectivity index (χ0v) is 9.94. The Labute approximate surface area is 104 Å². The van der Waals surface area contributed by atoms with Gasteiger partial charge in [0.2, 0.25) is 5.91 Å². The van der Waals surface area contributed by atoms with Crippen molar-refractivity contribution in [1.82, 2.24) is 15.2 Å². The molecule has 0 radical (unpaired) electrons. The van der Waals surface area contributed by atoms with Crippen LogP contribution in [0.4, 0.5) is 0 Å². The monoisotopic (exact) mass is 252 g/mol. The number of carbonyl (C=O) groups excluding carboxylic acids is 1. The lowest BCUT2D eigenvalue weighted by atomic mass is 10.2. The first-order valence-electron chi connectivity index (χ1n) is 5.25. The van der Waals surface area contributed by atoms with E-state index in [1.807, 2.05) is 11.0 Å². The molecule has 2 rings (SSSR count). The third-order valence-electron chi connectivity index (χ3n) is 2.47. The molecule has 2 heterocycles. The van der Waals surface area contributed by atoms with Gasteiger partial charge in [-0.05, 0) is 11.6 Å². The lowest BCUT2D eigenvalue weighted by Crippen LogP contribution is -2.22. The normalized spacial score (nSPS) is 17.2. The topological polar surface area (TPSA) is 71.2 Å². The Kier molecular flexibility index (Phi) is 3.49. The van der Waals surface area contributed by atoms with Crippen LogP contribution < -0.4 is 11.1 Å². The van der Waals surface area contributed by atoms with E-state index < -0.39 is 5.91 Å². The minimum absolute atomic E-state index is 0.450. The van der Waals surface area contributed by atoms with Crippen LogP contribution in [0.15, 0.2) is 30.2 Å². The van der Waals surface area contributed by atoms with Crippen LogP contribution in [0.25, 0.3) is 0 Å². The number of primary amides is 1. The number of halogens is 1. The molecular formula is C11H13ClN4O. The summed E-state index contributed by atoms with van der Waals surface area (Å²) in [4.78, 5) is 16.9. The quantitative estimate of drug-likeness (QED) is 0.606. The summed E-state index contributed by atoms with van der Waals surface area (Å²) in [5.74, 6) is 0.307. The number of nitrogens with two attached hydrogens (primary N) is 1. The van der Waals surface area contributed by atoms with Crippen LogP contribution in [0, 0.1) is 0 Å². The second-order valence-electron chi connectivity index (χ2n) is 3.77. The molecule has 0 atom stereocenters. The fraction of sp³-hybridized carbons (Fsp3) is 0.273. The average molecular weight is 253 g/mol. The van der Waals surface area contributed by atoms with E-state index >= 15 is 0 Å². The predicted octanol–water partition coefficient (Wildman–Crippen LogP) is 0.467. The number of aromatic nitrogens is 1. The first-order valence-corrected chi connectivity index (χ1v) is 5.63. The van der Waals surface area contributed by atoms with Gasteiger partial charge in [-0.1, -0.05) is 17.7 Å². The van der Waals surface area contributed by atoms with E-state index in [4.69, 9.17) is 17.3 Å². The maximum atomic E-state index is 10.8. The number of hydrogen-bond donors (Lipinski definition) is 2. The minimum atomic E-state index is -0.450. The molecule has 1 aromatic rings. The maximum absolute atomic E-state index is 10.8. The third-order valence-corrected chi connectivity index (χ3v) is 2.69. The van der Waals surface area contributed by atoms with E-state index in [2.05, 4.69) is 10.3 Å². The van der Waals surface area contributed by atoms with Gasteiger partial charge < -0.3 is 16.0 Å². The van der Waals surface area contributed by atoms with Gasteiger partial charge in [0, 0.05) is 31.9 Å². The van der Waals surface area contributed by atoms with Crippen molar-refractivity contribution in [2.75, 3.05) is 13.1 Å². The van der Waals surface area contributed by atoms with Gasteiger partial charge >= 0.3 is 0 Å². The van der Waals surface area contributed by atoms with Crippen LogP contribution in [0.2, 0.25) is 5.15 Å². The average Bonchev–Trinajstić information content (AvgIpc) is 2.68. The van der Waals surface area contributed by atoms with E-state index in [-0.39, 0.29) is 0 Å². The summed E-state index contributed by atoms with van der Waals surface area (Å²) < 4.78 is 0. The highest BCUT2D eigenvalue weighted by atomic mass is 35.5. The molecule has 17 heavy (non-hydrogen) atoms. The van der Waals surface area contributed by atoms with Gasteiger partial charge in [0.15, 0.2) is 0 Å². The first kappa shape index (κ1) is 11.7. The fourth-order valence-electron chi connectivity index (χ4n) is 1.71. The van der Waals surface area contributed by atoms with E-state index in [1.54, 1.807) is 12.3 Å². The van der Waals surface area contributed by atoms with Crippen molar-refractivity contribution in [3.8, 4) is 0 Å². The lowest BCUT2D eigenvalue weighted by Gasteiger charge is -2.18. The molecule has 0 bridgehead atoms. The molecule has 6 heteroatoms. The Hall–Kier alpha value is -1.75. The number of nitrogens with one attached hydrogen (secondary N) is 1. The summed E-state index contributed by atoms with van der Waals surface area (Å²) in [5.41, 5.74) is 6.17. The van der Waals surface area contributed by atoms with Crippen LogP contribution in [0.5, 0.6) is 0 Å². The predicted molar refractivity (Wildman–Crippen MR) is 64.9 cm³/mol. The Morgan fingerprint density at radius 2 is 2.47 bits per heavy atom. The number of carbonyl (C=O) groups is 1. The molecule has 1 amide bonds. The van der Waals surface area contributed by atoms with E-state index in [0.717, 1.165) is 24.5 Å². The second kappa shape index (κ2) is 5.05. The summed E-state index contributed by atoms with van der Waals surface area (Å²) in [7, 11) is 0. The largest absolute Gasteiger partial charge is 0.370 e. The fourth-order valence-corrected chi connectivity index (χ4v) is 1.82. The van der Waals surface area contributed by atoms with Crippen molar-refractivity contribution in [2.24, 2.45) is 5.73 Å². The van der Waals surface area contributed by atoms with Gasteiger partial charge in [-0.2, -0.15) is 0 Å². The highest BCUT2D eigenvalue weighted by Crippen LogP contribution is 2.13. The van der Waals surface area contributed by atoms with Crippen molar-refractivity contribution >= 4 is 17.5 Å². The zero-order valence-electron chi connectivity index (χ0n) is 9.19. The number of amides is 1. The number of pyridine rings is 1. The molecule has 0 aliphatic carbocycles. The molecule has 3 N–H and O–H groups in total. The summed E-state index contributed by atoms with van der Waals surface area (Å²) in [6, 6.07) is 3.66. The molecule has 1 aliphatic rings. The molecule has 5 nitrogen and oxygen atoms in total. The Bertz CT molecular complexity index is 443. The molecule has 0 unspecified atom stereocenters. The summed E-state index contributed by atoms with van der Waals surface area (Å²) >= 11 is 5.72. The molecule has 90 valence electrons.